The summed E-state index contributed by atoms with van der Waals surface area (Å²) in [5, 5.41) is 0.988. The average Bonchev–Trinajstić information content (AvgIpc) is 2.48. The number of anilines is 1. The fraction of sp³-hybridized carbons (Fsp3) is 0.118. The quantitative estimate of drug-likeness (QED) is 0.679. The van der Waals surface area contributed by atoms with Gasteiger partial charge in [-0.3, -0.25) is 4.98 Å². The van der Waals surface area contributed by atoms with E-state index >= 15 is 0 Å². The molecule has 3 rings (SSSR count). The Hall–Kier alpha value is -2.07. The van der Waals surface area contributed by atoms with Crippen LogP contribution in [0, 0.1) is 0 Å². The zero-order valence-electron chi connectivity index (χ0n) is 11.9. The van der Waals surface area contributed by atoms with Crippen molar-refractivity contribution in [2.24, 2.45) is 0 Å². The number of halogens is 1. The third-order valence-corrected chi connectivity index (χ3v) is 3.72. The van der Waals surface area contributed by atoms with Crippen LogP contribution in [-0.4, -0.2) is 19.1 Å². The molecule has 0 aliphatic rings. The van der Waals surface area contributed by atoms with Gasteiger partial charge in [-0.25, -0.2) is 0 Å². The van der Waals surface area contributed by atoms with Crippen LogP contribution in [0.25, 0.3) is 10.9 Å². The number of hydrogen-bond donors (Lipinski definition) is 0. The molecule has 1 aromatic heterocycles. The first-order chi connectivity index (χ1) is 10.1. The molecule has 0 atom stereocenters. The Morgan fingerprint density at radius 3 is 2.71 bits per heavy atom. The summed E-state index contributed by atoms with van der Waals surface area (Å²) in [5.74, 6) is 1.62. The van der Waals surface area contributed by atoms with Gasteiger partial charge in [-0.1, -0.05) is 22.0 Å². The lowest BCUT2D eigenvalue weighted by Crippen LogP contribution is -2.08. The van der Waals surface area contributed by atoms with E-state index in [0.717, 1.165) is 32.6 Å². The van der Waals surface area contributed by atoms with E-state index in [1.165, 1.54) is 0 Å². The van der Waals surface area contributed by atoms with Gasteiger partial charge in [0.25, 0.3) is 0 Å². The molecule has 0 saturated heterocycles. The SMILES string of the molecule is CN(C)c1cccc(Oc2ccnc3ccc(Br)cc23)c1. The van der Waals surface area contributed by atoms with Crippen molar-refractivity contribution in [2.45, 2.75) is 0 Å². The van der Waals surface area contributed by atoms with Crippen LogP contribution in [0.4, 0.5) is 5.69 Å². The van der Waals surface area contributed by atoms with Gasteiger partial charge in [0.1, 0.15) is 11.5 Å². The molecule has 0 N–H and O–H groups in total. The molecule has 3 nitrogen and oxygen atoms in total. The van der Waals surface area contributed by atoms with Gasteiger partial charge in [0.05, 0.1) is 5.52 Å². The summed E-state index contributed by atoms with van der Waals surface area (Å²) in [6.07, 6.45) is 1.77. The van der Waals surface area contributed by atoms with E-state index in [-0.39, 0.29) is 0 Å². The number of rotatable bonds is 3. The second kappa shape index (κ2) is 5.74. The molecule has 106 valence electrons. The monoisotopic (exact) mass is 342 g/mol. The number of benzene rings is 2. The highest BCUT2D eigenvalue weighted by Crippen LogP contribution is 2.31. The third-order valence-electron chi connectivity index (χ3n) is 3.23. The summed E-state index contributed by atoms with van der Waals surface area (Å²) >= 11 is 3.49. The zero-order valence-corrected chi connectivity index (χ0v) is 13.5. The number of aromatic nitrogens is 1. The number of nitrogens with zero attached hydrogens (tertiary/aromatic N) is 2. The normalized spacial score (nSPS) is 10.6. The lowest BCUT2D eigenvalue weighted by atomic mass is 10.2. The Morgan fingerprint density at radius 1 is 1.05 bits per heavy atom. The summed E-state index contributed by atoms with van der Waals surface area (Å²) in [7, 11) is 4.02. The van der Waals surface area contributed by atoms with E-state index in [4.69, 9.17) is 4.74 Å². The molecule has 0 bridgehead atoms. The predicted molar refractivity (Wildman–Crippen MR) is 90.3 cm³/mol. The Balaban J connectivity index is 2.02. The van der Waals surface area contributed by atoms with Crippen molar-refractivity contribution in [3.63, 3.8) is 0 Å². The van der Waals surface area contributed by atoms with Gasteiger partial charge in [-0.05, 0) is 36.4 Å². The molecule has 3 aromatic rings. The van der Waals surface area contributed by atoms with Crippen molar-refractivity contribution in [3.05, 3.63) is 59.2 Å². The first-order valence-electron chi connectivity index (χ1n) is 6.63. The van der Waals surface area contributed by atoms with E-state index in [1.54, 1.807) is 6.20 Å². The Labute approximate surface area is 132 Å². The summed E-state index contributed by atoms with van der Waals surface area (Å²) in [4.78, 5) is 6.41. The van der Waals surface area contributed by atoms with Crippen molar-refractivity contribution < 1.29 is 4.74 Å². The lowest BCUT2D eigenvalue weighted by Gasteiger charge is -2.14. The van der Waals surface area contributed by atoms with Crippen molar-refractivity contribution in [3.8, 4) is 11.5 Å². The molecule has 0 saturated carbocycles. The summed E-state index contributed by atoms with van der Waals surface area (Å²) in [6, 6.07) is 15.9. The summed E-state index contributed by atoms with van der Waals surface area (Å²) < 4.78 is 7.06. The molecule has 0 fully saturated rings. The summed E-state index contributed by atoms with van der Waals surface area (Å²) in [5.41, 5.74) is 2.02. The van der Waals surface area contributed by atoms with Gasteiger partial charge in [-0.15, -0.1) is 0 Å². The Bertz CT molecular complexity index is 787. The van der Waals surface area contributed by atoms with Crippen LogP contribution in [0.15, 0.2) is 59.2 Å². The van der Waals surface area contributed by atoms with Gasteiger partial charge < -0.3 is 9.64 Å². The third kappa shape index (κ3) is 3.00. The fourth-order valence-electron chi connectivity index (χ4n) is 2.13. The fourth-order valence-corrected chi connectivity index (χ4v) is 2.50. The molecule has 0 amide bonds. The van der Waals surface area contributed by atoms with Crippen LogP contribution in [0.1, 0.15) is 0 Å². The van der Waals surface area contributed by atoms with Crippen LogP contribution >= 0.6 is 15.9 Å². The van der Waals surface area contributed by atoms with Crippen molar-refractivity contribution >= 4 is 32.5 Å². The molecule has 1 heterocycles. The second-order valence-corrected chi connectivity index (χ2v) is 5.88. The van der Waals surface area contributed by atoms with Crippen LogP contribution < -0.4 is 9.64 Å². The van der Waals surface area contributed by atoms with E-state index in [0.29, 0.717) is 0 Å². The molecule has 0 aliphatic heterocycles. The highest BCUT2D eigenvalue weighted by atomic mass is 79.9. The molecule has 0 aliphatic carbocycles. The first kappa shape index (κ1) is 13.9. The lowest BCUT2D eigenvalue weighted by molar-refractivity contribution is 0.488. The van der Waals surface area contributed by atoms with Gasteiger partial charge in [0.2, 0.25) is 0 Å². The highest BCUT2D eigenvalue weighted by Gasteiger charge is 2.06. The molecular weight excluding hydrogens is 328 g/mol. The topological polar surface area (TPSA) is 25.4 Å². The van der Waals surface area contributed by atoms with E-state index in [2.05, 4.69) is 20.9 Å². The smallest absolute Gasteiger partial charge is 0.138 e. The largest absolute Gasteiger partial charge is 0.457 e. The highest BCUT2D eigenvalue weighted by molar-refractivity contribution is 9.10. The van der Waals surface area contributed by atoms with Crippen LogP contribution in [0.5, 0.6) is 11.5 Å². The number of ether oxygens (including phenoxy) is 1. The average molecular weight is 343 g/mol. The maximum absolute atomic E-state index is 6.05. The summed E-state index contributed by atoms with van der Waals surface area (Å²) in [6.45, 7) is 0. The van der Waals surface area contributed by atoms with Gasteiger partial charge in [0, 0.05) is 41.9 Å². The van der Waals surface area contributed by atoms with Gasteiger partial charge >= 0.3 is 0 Å². The molecular formula is C17H15BrN2O. The van der Waals surface area contributed by atoms with Crippen LogP contribution in [0.2, 0.25) is 0 Å². The van der Waals surface area contributed by atoms with Crippen LogP contribution in [-0.2, 0) is 0 Å². The number of fused-ring (bicyclic) bond motifs is 1. The van der Waals surface area contributed by atoms with Crippen molar-refractivity contribution in [1.82, 2.24) is 4.98 Å². The number of pyridine rings is 1. The first-order valence-corrected chi connectivity index (χ1v) is 7.42. The minimum Gasteiger partial charge on any atom is -0.457 e. The predicted octanol–water partition coefficient (Wildman–Crippen LogP) is 4.86. The maximum atomic E-state index is 6.05. The molecule has 21 heavy (non-hydrogen) atoms. The van der Waals surface area contributed by atoms with Crippen LogP contribution in [0.3, 0.4) is 0 Å². The van der Waals surface area contributed by atoms with Crippen molar-refractivity contribution in [2.75, 3.05) is 19.0 Å². The zero-order chi connectivity index (χ0) is 14.8. The van der Waals surface area contributed by atoms with E-state index in [1.807, 2.05) is 67.5 Å². The van der Waals surface area contributed by atoms with Gasteiger partial charge in [0.15, 0.2) is 0 Å². The maximum Gasteiger partial charge on any atom is 0.138 e. The Kier molecular flexibility index (Phi) is 3.80. The van der Waals surface area contributed by atoms with E-state index in [9.17, 15) is 0 Å². The molecule has 4 heteroatoms. The standard InChI is InChI=1S/C17H15BrN2O/c1-20(2)13-4-3-5-14(11-13)21-17-8-9-19-16-7-6-12(18)10-15(16)17/h3-11H,1-2H3. The molecule has 0 unspecified atom stereocenters. The van der Waals surface area contributed by atoms with Gasteiger partial charge in [-0.2, -0.15) is 0 Å². The Morgan fingerprint density at radius 2 is 1.90 bits per heavy atom. The molecule has 2 aromatic carbocycles. The van der Waals surface area contributed by atoms with Crippen molar-refractivity contribution in [1.29, 1.82) is 0 Å². The van der Waals surface area contributed by atoms with E-state index < -0.39 is 0 Å². The molecule has 0 spiro atoms. The minimum atomic E-state index is 0.803. The number of hydrogen-bond acceptors (Lipinski definition) is 3. The molecule has 0 radical (unpaired) electrons. The second-order valence-electron chi connectivity index (χ2n) is 4.96. The minimum absolute atomic E-state index is 0.803.